The van der Waals surface area contributed by atoms with E-state index in [1.807, 2.05) is 29.2 Å². The molecule has 1 fully saturated rings. The number of carboxylic acid groups (broad SMARTS) is 1. The summed E-state index contributed by atoms with van der Waals surface area (Å²) in [6.07, 6.45) is 1.90. The topological polar surface area (TPSA) is 76.1 Å². The maximum Gasteiger partial charge on any atom is 0.341 e. The maximum atomic E-state index is 12.6. The molecule has 0 saturated carbocycles. The predicted molar refractivity (Wildman–Crippen MR) is 110 cm³/mol. The number of ether oxygens (including phenoxy) is 2. The average Bonchev–Trinajstić information content (AvgIpc) is 3.23. The Morgan fingerprint density at radius 3 is 2.55 bits per heavy atom. The normalized spacial score (nSPS) is 14.5. The van der Waals surface area contributed by atoms with Crippen molar-refractivity contribution in [2.45, 2.75) is 32.3 Å². The molecule has 1 aliphatic heterocycles. The lowest BCUT2D eigenvalue weighted by atomic mass is 10.0. The van der Waals surface area contributed by atoms with Crippen molar-refractivity contribution in [3.63, 3.8) is 0 Å². The maximum absolute atomic E-state index is 12.6. The van der Waals surface area contributed by atoms with E-state index in [-0.39, 0.29) is 5.91 Å². The third-order valence-electron chi connectivity index (χ3n) is 4.80. The molecule has 1 heterocycles. The van der Waals surface area contributed by atoms with Gasteiger partial charge in [0, 0.05) is 30.1 Å². The highest BCUT2D eigenvalue weighted by atomic mass is 35.5. The standard InChI is InChI=1S/C22H24ClNO5/c1-15(22(27)24-10-4-5-11-24)29-20-7-3-2-6-16(20)12-17-13-18(23)8-9-19(17)28-14-21(25)26/h2-3,6-9,13,15H,4-5,10-12,14H2,1H3,(H,25,26)/t15-/m1/s1. The van der Waals surface area contributed by atoms with Gasteiger partial charge in [-0.3, -0.25) is 4.79 Å². The van der Waals surface area contributed by atoms with E-state index < -0.39 is 18.7 Å². The van der Waals surface area contributed by atoms with Crippen LogP contribution in [0.5, 0.6) is 11.5 Å². The SMILES string of the molecule is C[C@@H](Oc1ccccc1Cc1cc(Cl)ccc1OCC(=O)O)C(=O)N1CCCC1. The van der Waals surface area contributed by atoms with Gasteiger partial charge in [0.15, 0.2) is 12.7 Å². The van der Waals surface area contributed by atoms with Gasteiger partial charge in [-0.1, -0.05) is 29.8 Å². The van der Waals surface area contributed by atoms with Gasteiger partial charge in [-0.15, -0.1) is 0 Å². The first-order valence-corrected chi connectivity index (χ1v) is 9.98. The highest BCUT2D eigenvalue weighted by molar-refractivity contribution is 6.30. The first-order chi connectivity index (χ1) is 13.9. The Hall–Kier alpha value is -2.73. The summed E-state index contributed by atoms with van der Waals surface area (Å²) in [5.74, 6) is -0.000996. The number of carbonyl (C=O) groups is 2. The number of halogens is 1. The smallest absolute Gasteiger partial charge is 0.341 e. The number of rotatable bonds is 8. The van der Waals surface area contributed by atoms with Gasteiger partial charge in [0.2, 0.25) is 0 Å². The van der Waals surface area contributed by atoms with Crippen LogP contribution in [0.25, 0.3) is 0 Å². The van der Waals surface area contributed by atoms with Crippen molar-refractivity contribution in [3.05, 3.63) is 58.6 Å². The summed E-state index contributed by atoms with van der Waals surface area (Å²) in [6.45, 7) is 2.88. The molecule has 154 valence electrons. The zero-order chi connectivity index (χ0) is 20.8. The van der Waals surface area contributed by atoms with Crippen LogP contribution < -0.4 is 9.47 Å². The van der Waals surface area contributed by atoms with Gasteiger partial charge in [0.05, 0.1) is 0 Å². The molecule has 3 rings (SSSR count). The Bertz CT molecular complexity index is 879. The summed E-state index contributed by atoms with van der Waals surface area (Å²) < 4.78 is 11.4. The number of aliphatic carboxylic acids is 1. The Labute approximate surface area is 175 Å². The Morgan fingerprint density at radius 1 is 1.10 bits per heavy atom. The van der Waals surface area contributed by atoms with Crippen molar-refractivity contribution in [1.29, 1.82) is 0 Å². The van der Waals surface area contributed by atoms with Crippen LogP contribution >= 0.6 is 11.6 Å². The molecule has 1 aliphatic rings. The van der Waals surface area contributed by atoms with E-state index in [0.29, 0.717) is 22.9 Å². The second-order valence-corrected chi connectivity index (χ2v) is 7.45. The molecule has 0 aliphatic carbocycles. The number of carbonyl (C=O) groups excluding carboxylic acids is 1. The van der Waals surface area contributed by atoms with Crippen LogP contribution in [0.3, 0.4) is 0 Å². The molecule has 0 bridgehead atoms. The van der Waals surface area contributed by atoms with E-state index in [1.165, 1.54) is 0 Å². The van der Waals surface area contributed by atoms with Gasteiger partial charge in [-0.05, 0) is 49.6 Å². The van der Waals surface area contributed by atoms with E-state index in [2.05, 4.69) is 0 Å². The van der Waals surface area contributed by atoms with Gasteiger partial charge in [-0.2, -0.15) is 0 Å². The lowest BCUT2D eigenvalue weighted by Gasteiger charge is -2.22. The number of benzene rings is 2. The second-order valence-electron chi connectivity index (χ2n) is 7.01. The summed E-state index contributed by atoms with van der Waals surface area (Å²) in [4.78, 5) is 25.3. The van der Waals surface area contributed by atoms with Gasteiger partial charge >= 0.3 is 5.97 Å². The molecule has 1 amide bonds. The lowest BCUT2D eigenvalue weighted by molar-refractivity contribution is -0.139. The molecule has 29 heavy (non-hydrogen) atoms. The fourth-order valence-corrected chi connectivity index (χ4v) is 3.57. The molecule has 0 aromatic heterocycles. The van der Waals surface area contributed by atoms with Crippen molar-refractivity contribution < 1.29 is 24.2 Å². The van der Waals surface area contributed by atoms with Crippen LogP contribution in [0.2, 0.25) is 5.02 Å². The number of nitrogens with zero attached hydrogens (tertiary/aromatic N) is 1. The van der Waals surface area contributed by atoms with Crippen molar-refractivity contribution in [3.8, 4) is 11.5 Å². The minimum absolute atomic E-state index is 0.00876. The van der Waals surface area contributed by atoms with E-state index in [1.54, 1.807) is 25.1 Å². The number of hydrogen-bond donors (Lipinski definition) is 1. The van der Waals surface area contributed by atoms with Crippen LogP contribution in [-0.2, 0) is 16.0 Å². The van der Waals surface area contributed by atoms with E-state index in [0.717, 1.165) is 37.1 Å². The number of hydrogen-bond acceptors (Lipinski definition) is 4. The van der Waals surface area contributed by atoms with E-state index >= 15 is 0 Å². The third kappa shape index (κ3) is 5.64. The van der Waals surface area contributed by atoms with Gasteiger partial charge in [0.1, 0.15) is 11.5 Å². The molecule has 6 nitrogen and oxygen atoms in total. The van der Waals surface area contributed by atoms with E-state index in [9.17, 15) is 9.59 Å². The van der Waals surface area contributed by atoms with Crippen molar-refractivity contribution in [2.24, 2.45) is 0 Å². The van der Waals surface area contributed by atoms with Crippen LogP contribution in [0.15, 0.2) is 42.5 Å². The number of para-hydroxylation sites is 1. The Balaban J connectivity index is 1.78. The molecule has 1 saturated heterocycles. The summed E-state index contributed by atoms with van der Waals surface area (Å²) in [5.41, 5.74) is 1.60. The minimum Gasteiger partial charge on any atom is -0.482 e. The molecule has 2 aromatic carbocycles. The molecular formula is C22H24ClNO5. The molecule has 0 spiro atoms. The van der Waals surface area contributed by atoms with Crippen LogP contribution in [0.4, 0.5) is 0 Å². The Kier molecular flexibility index (Phi) is 6.99. The summed E-state index contributed by atoms with van der Waals surface area (Å²) in [7, 11) is 0. The fraction of sp³-hybridized carbons (Fsp3) is 0.364. The third-order valence-corrected chi connectivity index (χ3v) is 5.03. The monoisotopic (exact) mass is 417 g/mol. The molecule has 1 atom stereocenters. The molecule has 2 aromatic rings. The number of carboxylic acids is 1. The summed E-state index contributed by atoms with van der Waals surface area (Å²) >= 11 is 6.13. The van der Waals surface area contributed by atoms with Crippen molar-refractivity contribution >= 4 is 23.5 Å². The summed E-state index contributed by atoms with van der Waals surface area (Å²) in [5, 5.41) is 9.41. The van der Waals surface area contributed by atoms with Gasteiger partial charge < -0.3 is 19.5 Å². The second kappa shape index (κ2) is 9.65. The van der Waals surface area contributed by atoms with Crippen molar-refractivity contribution in [2.75, 3.05) is 19.7 Å². The molecular weight excluding hydrogens is 394 g/mol. The zero-order valence-corrected chi connectivity index (χ0v) is 17.0. The highest BCUT2D eigenvalue weighted by Crippen LogP contribution is 2.29. The Morgan fingerprint density at radius 2 is 1.83 bits per heavy atom. The van der Waals surface area contributed by atoms with Crippen LogP contribution in [0, 0.1) is 0 Å². The lowest BCUT2D eigenvalue weighted by Crippen LogP contribution is -2.38. The molecule has 0 radical (unpaired) electrons. The van der Waals surface area contributed by atoms with Gasteiger partial charge in [0.25, 0.3) is 5.91 Å². The van der Waals surface area contributed by atoms with E-state index in [4.69, 9.17) is 26.2 Å². The average molecular weight is 418 g/mol. The van der Waals surface area contributed by atoms with Crippen LogP contribution in [-0.4, -0.2) is 47.7 Å². The summed E-state index contributed by atoms with van der Waals surface area (Å²) in [6, 6.07) is 12.5. The first-order valence-electron chi connectivity index (χ1n) is 9.60. The molecule has 7 heteroatoms. The predicted octanol–water partition coefficient (Wildman–Crippen LogP) is 3.78. The quantitative estimate of drug-likeness (QED) is 0.707. The largest absolute Gasteiger partial charge is 0.482 e. The molecule has 1 N–H and O–H groups in total. The zero-order valence-electron chi connectivity index (χ0n) is 16.3. The number of likely N-dealkylation sites (tertiary alicyclic amines) is 1. The van der Waals surface area contributed by atoms with Gasteiger partial charge in [-0.25, -0.2) is 4.79 Å². The fourth-order valence-electron chi connectivity index (χ4n) is 3.37. The highest BCUT2D eigenvalue weighted by Gasteiger charge is 2.25. The van der Waals surface area contributed by atoms with Crippen LogP contribution in [0.1, 0.15) is 30.9 Å². The number of amides is 1. The molecule has 0 unspecified atom stereocenters. The van der Waals surface area contributed by atoms with Crippen molar-refractivity contribution in [1.82, 2.24) is 4.90 Å². The first kappa shape index (κ1) is 21.0. The minimum atomic E-state index is -1.05.